The lowest BCUT2D eigenvalue weighted by atomic mass is 10.1. The Bertz CT molecular complexity index is 527. The second-order valence-corrected chi connectivity index (χ2v) is 4.97. The van der Waals surface area contributed by atoms with Crippen molar-refractivity contribution in [1.29, 1.82) is 0 Å². The molecule has 2 heterocycles. The topological polar surface area (TPSA) is 51.4 Å². The van der Waals surface area contributed by atoms with Gasteiger partial charge in [-0.2, -0.15) is 4.98 Å². The summed E-state index contributed by atoms with van der Waals surface area (Å²) in [5.74, 6) is 1.48. The molecule has 1 aromatic heterocycles. The van der Waals surface area contributed by atoms with Gasteiger partial charge in [0.2, 0.25) is 5.89 Å². The van der Waals surface area contributed by atoms with Gasteiger partial charge >= 0.3 is 0 Å². The van der Waals surface area contributed by atoms with E-state index in [0.29, 0.717) is 0 Å². The molecule has 0 unspecified atom stereocenters. The van der Waals surface area contributed by atoms with E-state index in [9.17, 15) is 0 Å². The summed E-state index contributed by atoms with van der Waals surface area (Å²) in [6, 6.07) is 10.2. The molecule has 1 aliphatic rings. The lowest BCUT2D eigenvalue weighted by molar-refractivity contribution is 0.0375. The zero-order valence-electron chi connectivity index (χ0n) is 11.9. The third-order valence-corrected chi connectivity index (χ3v) is 3.46. The van der Waals surface area contributed by atoms with Crippen LogP contribution in [-0.4, -0.2) is 47.9 Å². The number of nitrogens with zero attached hydrogens (tertiary/aromatic N) is 3. The Kier molecular flexibility index (Phi) is 6.17. The third kappa shape index (κ3) is 4.81. The van der Waals surface area contributed by atoms with Crippen molar-refractivity contribution >= 4 is 12.4 Å². The van der Waals surface area contributed by atoms with E-state index in [2.05, 4.69) is 27.2 Å². The molecule has 0 aliphatic carbocycles. The Morgan fingerprint density at radius 1 is 1.10 bits per heavy atom. The SMILES string of the molecule is Cl.c1ccc(Cc2noc(CCN3CCOCC3)n2)cc1. The maximum Gasteiger partial charge on any atom is 0.227 e. The summed E-state index contributed by atoms with van der Waals surface area (Å²) in [5, 5.41) is 4.05. The number of aromatic nitrogens is 2. The first-order chi connectivity index (χ1) is 9.90. The zero-order valence-corrected chi connectivity index (χ0v) is 12.7. The summed E-state index contributed by atoms with van der Waals surface area (Å²) in [4.78, 5) is 6.82. The van der Waals surface area contributed by atoms with Crippen molar-refractivity contribution in [1.82, 2.24) is 15.0 Å². The predicted molar refractivity (Wildman–Crippen MR) is 81.8 cm³/mol. The fourth-order valence-corrected chi connectivity index (χ4v) is 2.32. The number of morpholine rings is 1. The smallest absolute Gasteiger partial charge is 0.227 e. The van der Waals surface area contributed by atoms with Crippen LogP contribution in [0.4, 0.5) is 0 Å². The molecule has 0 saturated carbocycles. The highest BCUT2D eigenvalue weighted by molar-refractivity contribution is 5.85. The molecule has 0 spiro atoms. The summed E-state index contributed by atoms with van der Waals surface area (Å²) in [7, 11) is 0. The van der Waals surface area contributed by atoms with Gasteiger partial charge in [-0.05, 0) is 5.56 Å². The van der Waals surface area contributed by atoms with Crippen molar-refractivity contribution in [2.45, 2.75) is 12.8 Å². The minimum absolute atomic E-state index is 0. The summed E-state index contributed by atoms with van der Waals surface area (Å²) in [6.07, 6.45) is 1.53. The lowest BCUT2D eigenvalue weighted by Gasteiger charge is -2.25. The normalized spacial score (nSPS) is 15.6. The van der Waals surface area contributed by atoms with E-state index >= 15 is 0 Å². The zero-order chi connectivity index (χ0) is 13.6. The Morgan fingerprint density at radius 2 is 1.86 bits per heavy atom. The van der Waals surface area contributed by atoms with Crippen LogP contribution >= 0.6 is 12.4 Å². The van der Waals surface area contributed by atoms with E-state index < -0.39 is 0 Å². The van der Waals surface area contributed by atoms with E-state index in [-0.39, 0.29) is 12.4 Å². The van der Waals surface area contributed by atoms with Crippen LogP contribution in [-0.2, 0) is 17.6 Å². The van der Waals surface area contributed by atoms with Crippen LogP contribution in [0, 0.1) is 0 Å². The van der Waals surface area contributed by atoms with E-state index in [1.807, 2.05) is 18.2 Å². The number of hydrogen-bond acceptors (Lipinski definition) is 5. The average Bonchev–Trinajstić information content (AvgIpc) is 2.95. The minimum atomic E-state index is 0. The Labute approximate surface area is 130 Å². The summed E-state index contributed by atoms with van der Waals surface area (Å²) in [6.45, 7) is 4.58. The molecule has 2 aromatic rings. The quantitative estimate of drug-likeness (QED) is 0.845. The molecule has 0 atom stereocenters. The Balaban J connectivity index is 0.00000161. The van der Waals surface area contributed by atoms with Gasteiger partial charge in [0.1, 0.15) is 0 Å². The third-order valence-electron chi connectivity index (χ3n) is 3.46. The van der Waals surface area contributed by atoms with Crippen LogP contribution < -0.4 is 0 Å². The van der Waals surface area contributed by atoms with Gasteiger partial charge in [-0.1, -0.05) is 35.5 Å². The molecule has 1 saturated heterocycles. The number of ether oxygens (including phenoxy) is 1. The predicted octanol–water partition coefficient (Wildman–Crippen LogP) is 1.96. The second kappa shape index (κ2) is 8.12. The summed E-state index contributed by atoms with van der Waals surface area (Å²) in [5.41, 5.74) is 1.20. The molecule has 3 rings (SSSR count). The number of halogens is 1. The number of benzene rings is 1. The highest BCUT2D eigenvalue weighted by Crippen LogP contribution is 2.07. The van der Waals surface area contributed by atoms with Crippen LogP contribution in [0.2, 0.25) is 0 Å². The maximum absolute atomic E-state index is 5.33. The number of rotatable bonds is 5. The van der Waals surface area contributed by atoms with Crippen LogP contribution in [0.15, 0.2) is 34.9 Å². The maximum atomic E-state index is 5.33. The van der Waals surface area contributed by atoms with Crippen molar-refractivity contribution in [3.05, 3.63) is 47.6 Å². The minimum Gasteiger partial charge on any atom is -0.379 e. The van der Waals surface area contributed by atoms with Gasteiger partial charge < -0.3 is 9.26 Å². The lowest BCUT2D eigenvalue weighted by Crippen LogP contribution is -2.37. The van der Waals surface area contributed by atoms with Crippen molar-refractivity contribution in [2.75, 3.05) is 32.8 Å². The highest BCUT2D eigenvalue weighted by atomic mass is 35.5. The molecule has 6 heteroatoms. The van der Waals surface area contributed by atoms with Crippen LogP contribution in [0.5, 0.6) is 0 Å². The van der Waals surface area contributed by atoms with E-state index in [0.717, 1.165) is 57.4 Å². The van der Waals surface area contributed by atoms with Gasteiger partial charge in [0, 0.05) is 32.5 Å². The molecule has 21 heavy (non-hydrogen) atoms. The van der Waals surface area contributed by atoms with E-state index in [4.69, 9.17) is 9.26 Å². The fraction of sp³-hybridized carbons (Fsp3) is 0.467. The van der Waals surface area contributed by atoms with E-state index in [1.165, 1.54) is 5.56 Å². The molecule has 1 fully saturated rings. The van der Waals surface area contributed by atoms with Gasteiger partial charge in [-0.25, -0.2) is 0 Å². The molecular weight excluding hydrogens is 290 g/mol. The van der Waals surface area contributed by atoms with Gasteiger partial charge in [-0.15, -0.1) is 12.4 Å². The molecule has 0 radical (unpaired) electrons. The summed E-state index contributed by atoms with van der Waals surface area (Å²) >= 11 is 0. The molecule has 1 aromatic carbocycles. The molecule has 114 valence electrons. The first kappa shape index (κ1) is 15.9. The van der Waals surface area contributed by atoms with Crippen molar-refractivity contribution in [3.8, 4) is 0 Å². The van der Waals surface area contributed by atoms with Crippen molar-refractivity contribution in [3.63, 3.8) is 0 Å². The average molecular weight is 310 g/mol. The highest BCUT2D eigenvalue weighted by Gasteiger charge is 2.12. The first-order valence-electron chi connectivity index (χ1n) is 7.05. The molecule has 5 nitrogen and oxygen atoms in total. The standard InChI is InChI=1S/C15H19N3O2.ClH/c1-2-4-13(5-3-1)12-14-16-15(20-17-14)6-7-18-8-10-19-11-9-18;/h1-5H,6-12H2;1H. The Morgan fingerprint density at radius 3 is 2.62 bits per heavy atom. The van der Waals surface area contributed by atoms with Crippen molar-refractivity contribution < 1.29 is 9.26 Å². The second-order valence-electron chi connectivity index (χ2n) is 4.97. The van der Waals surface area contributed by atoms with E-state index in [1.54, 1.807) is 0 Å². The number of hydrogen-bond donors (Lipinski definition) is 0. The van der Waals surface area contributed by atoms with Crippen LogP contribution in [0.25, 0.3) is 0 Å². The summed E-state index contributed by atoms with van der Waals surface area (Å²) < 4.78 is 10.6. The van der Waals surface area contributed by atoms with Crippen LogP contribution in [0.1, 0.15) is 17.3 Å². The van der Waals surface area contributed by atoms with Gasteiger partial charge in [0.05, 0.1) is 13.2 Å². The van der Waals surface area contributed by atoms with Gasteiger partial charge in [0.15, 0.2) is 5.82 Å². The fourth-order valence-electron chi connectivity index (χ4n) is 2.32. The molecule has 0 N–H and O–H groups in total. The van der Waals surface area contributed by atoms with Crippen molar-refractivity contribution in [2.24, 2.45) is 0 Å². The van der Waals surface area contributed by atoms with Crippen LogP contribution in [0.3, 0.4) is 0 Å². The largest absolute Gasteiger partial charge is 0.379 e. The Hall–Kier alpha value is -1.43. The molecule has 0 bridgehead atoms. The first-order valence-corrected chi connectivity index (χ1v) is 7.05. The molecule has 0 amide bonds. The van der Waals surface area contributed by atoms with Gasteiger partial charge in [-0.3, -0.25) is 4.90 Å². The molecule has 1 aliphatic heterocycles. The monoisotopic (exact) mass is 309 g/mol. The van der Waals surface area contributed by atoms with Gasteiger partial charge in [0.25, 0.3) is 0 Å². The molecular formula is C15H20ClN3O2.